The van der Waals surface area contributed by atoms with Gasteiger partial charge in [0.15, 0.2) is 9.84 Å². The molecule has 0 aliphatic heterocycles. The highest BCUT2D eigenvalue weighted by atomic mass is 32.2. The third-order valence-corrected chi connectivity index (χ3v) is 4.05. The van der Waals surface area contributed by atoms with Gasteiger partial charge >= 0.3 is 0 Å². The van der Waals surface area contributed by atoms with Crippen LogP contribution in [-0.4, -0.2) is 31.8 Å². The molecule has 1 aromatic heterocycles. The van der Waals surface area contributed by atoms with Crippen molar-refractivity contribution in [3.63, 3.8) is 0 Å². The molecule has 0 unspecified atom stereocenters. The first-order valence-electron chi connectivity index (χ1n) is 5.99. The molecule has 22 heavy (non-hydrogen) atoms. The minimum Gasteiger partial charge on any atom is -0.497 e. The van der Waals surface area contributed by atoms with E-state index in [1.807, 2.05) is 6.07 Å². The summed E-state index contributed by atoms with van der Waals surface area (Å²) in [5, 5.41) is 9.22. The first-order valence-corrected chi connectivity index (χ1v) is 7.88. The average molecular weight is 319 g/mol. The molecule has 0 saturated carbocycles. The first-order chi connectivity index (χ1) is 10.3. The molecular formula is C13H13N5O3S. The molecule has 0 radical (unpaired) electrons. The highest BCUT2D eigenvalue weighted by molar-refractivity contribution is 7.90. The topological polar surface area (TPSA) is 145 Å². The van der Waals surface area contributed by atoms with Crippen molar-refractivity contribution in [2.24, 2.45) is 0 Å². The van der Waals surface area contributed by atoms with E-state index in [1.165, 1.54) is 19.2 Å². The van der Waals surface area contributed by atoms with Crippen LogP contribution in [0.15, 0.2) is 23.1 Å². The second kappa shape index (κ2) is 5.50. The number of ether oxygens (including phenoxy) is 1. The second-order valence-electron chi connectivity index (χ2n) is 4.44. The van der Waals surface area contributed by atoms with Crippen LogP contribution >= 0.6 is 0 Å². The molecule has 114 valence electrons. The minimum atomic E-state index is -3.60. The van der Waals surface area contributed by atoms with Crippen molar-refractivity contribution in [2.75, 3.05) is 24.8 Å². The van der Waals surface area contributed by atoms with E-state index in [0.717, 1.165) is 6.26 Å². The summed E-state index contributed by atoms with van der Waals surface area (Å²) >= 11 is 0. The van der Waals surface area contributed by atoms with Crippen molar-refractivity contribution < 1.29 is 13.2 Å². The predicted molar refractivity (Wildman–Crippen MR) is 80.7 cm³/mol. The van der Waals surface area contributed by atoms with E-state index in [4.69, 9.17) is 16.2 Å². The number of hydrogen-bond donors (Lipinski definition) is 2. The summed E-state index contributed by atoms with van der Waals surface area (Å²) in [6.45, 7) is 0. The standard InChI is InChI=1S/C13H13N5O3S/c1-21-7-3-4-8(10(5-7)22(2,19)20)11-9(6-14)12(15)18-13(16)17-11/h3-5H,1-2H3,(H4,15,16,17,18). The number of hydrogen-bond acceptors (Lipinski definition) is 8. The molecule has 0 atom stereocenters. The summed E-state index contributed by atoms with van der Waals surface area (Å²) in [5.41, 5.74) is 11.4. The lowest BCUT2D eigenvalue weighted by Crippen LogP contribution is -2.07. The van der Waals surface area contributed by atoms with Crippen molar-refractivity contribution in [2.45, 2.75) is 4.90 Å². The van der Waals surface area contributed by atoms with Crippen LogP contribution in [0.25, 0.3) is 11.3 Å². The van der Waals surface area contributed by atoms with Gasteiger partial charge in [0.25, 0.3) is 0 Å². The molecule has 0 aliphatic rings. The number of nitrogens with two attached hydrogens (primary N) is 2. The van der Waals surface area contributed by atoms with E-state index in [0.29, 0.717) is 5.75 Å². The number of nitriles is 1. The second-order valence-corrected chi connectivity index (χ2v) is 6.42. The lowest BCUT2D eigenvalue weighted by Gasteiger charge is -2.12. The lowest BCUT2D eigenvalue weighted by atomic mass is 10.1. The van der Waals surface area contributed by atoms with E-state index in [-0.39, 0.29) is 33.5 Å². The Morgan fingerprint density at radius 3 is 2.50 bits per heavy atom. The van der Waals surface area contributed by atoms with Gasteiger partial charge in [0.2, 0.25) is 5.95 Å². The molecule has 0 fully saturated rings. The van der Waals surface area contributed by atoms with E-state index in [2.05, 4.69) is 9.97 Å². The van der Waals surface area contributed by atoms with E-state index in [1.54, 1.807) is 6.07 Å². The molecule has 4 N–H and O–H groups in total. The number of sulfone groups is 1. The van der Waals surface area contributed by atoms with Gasteiger partial charge < -0.3 is 16.2 Å². The number of nitrogens with zero attached hydrogens (tertiary/aromatic N) is 3. The fraction of sp³-hybridized carbons (Fsp3) is 0.154. The normalized spacial score (nSPS) is 11.0. The molecule has 0 saturated heterocycles. The Hall–Kier alpha value is -2.86. The zero-order valence-electron chi connectivity index (χ0n) is 11.9. The molecule has 0 bridgehead atoms. The summed E-state index contributed by atoms with van der Waals surface area (Å²) in [7, 11) is -2.18. The lowest BCUT2D eigenvalue weighted by molar-refractivity contribution is 0.413. The molecule has 8 nitrogen and oxygen atoms in total. The molecule has 2 rings (SSSR count). The highest BCUT2D eigenvalue weighted by Gasteiger charge is 2.21. The highest BCUT2D eigenvalue weighted by Crippen LogP contribution is 2.33. The zero-order chi connectivity index (χ0) is 16.5. The SMILES string of the molecule is COc1ccc(-c2nc(N)nc(N)c2C#N)c(S(C)(=O)=O)c1. The molecule has 1 aromatic carbocycles. The van der Waals surface area contributed by atoms with Crippen molar-refractivity contribution in [3.8, 4) is 23.1 Å². The van der Waals surface area contributed by atoms with Crippen molar-refractivity contribution in [1.82, 2.24) is 9.97 Å². The maximum absolute atomic E-state index is 12.0. The minimum absolute atomic E-state index is 0.0377. The van der Waals surface area contributed by atoms with Gasteiger partial charge in [-0.05, 0) is 18.2 Å². The maximum atomic E-state index is 12.0. The van der Waals surface area contributed by atoms with Crippen LogP contribution in [-0.2, 0) is 9.84 Å². The number of rotatable bonds is 3. The largest absolute Gasteiger partial charge is 0.497 e. The molecule has 0 spiro atoms. The molecule has 0 aliphatic carbocycles. The van der Waals surface area contributed by atoms with Crippen LogP contribution < -0.4 is 16.2 Å². The predicted octanol–water partition coefficient (Wildman–Crippen LogP) is 0.592. The van der Waals surface area contributed by atoms with Crippen molar-refractivity contribution in [1.29, 1.82) is 5.26 Å². The van der Waals surface area contributed by atoms with Gasteiger partial charge in [-0.15, -0.1) is 0 Å². The number of benzene rings is 1. The van der Waals surface area contributed by atoms with Crippen LogP contribution in [0.3, 0.4) is 0 Å². The Morgan fingerprint density at radius 2 is 1.95 bits per heavy atom. The van der Waals surface area contributed by atoms with Crippen LogP contribution in [0.4, 0.5) is 11.8 Å². The van der Waals surface area contributed by atoms with Gasteiger partial charge in [0, 0.05) is 11.8 Å². The fourth-order valence-electron chi connectivity index (χ4n) is 1.93. The van der Waals surface area contributed by atoms with Gasteiger partial charge in [-0.3, -0.25) is 0 Å². The van der Waals surface area contributed by atoms with E-state index >= 15 is 0 Å². The molecule has 1 heterocycles. The summed E-state index contributed by atoms with van der Waals surface area (Å²) in [6, 6.07) is 6.25. The van der Waals surface area contributed by atoms with Gasteiger partial charge in [-0.2, -0.15) is 10.2 Å². The quantitative estimate of drug-likeness (QED) is 0.836. The molecule has 9 heteroatoms. The Bertz CT molecular complexity index is 887. The van der Waals surface area contributed by atoms with Crippen LogP contribution in [0.2, 0.25) is 0 Å². The van der Waals surface area contributed by atoms with Gasteiger partial charge in [0.05, 0.1) is 17.7 Å². The zero-order valence-corrected chi connectivity index (χ0v) is 12.7. The van der Waals surface area contributed by atoms with Crippen LogP contribution in [0.5, 0.6) is 5.75 Å². The molecular weight excluding hydrogens is 306 g/mol. The van der Waals surface area contributed by atoms with E-state index < -0.39 is 9.84 Å². The first kappa shape index (κ1) is 15.5. The number of aromatic nitrogens is 2. The smallest absolute Gasteiger partial charge is 0.222 e. The number of anilines is 2. The summed E-state index contributed by atoms with van der Waals surface area (Å²) in [4.78, 5) is 7.63. The average Bonchev–Trinajstić information content (AvgIpc) is 2.45. The maximum Gasteiger partial charge on any atom is 0.222 e. The number of nitrogen functional groups attached to an aromatic ring is 2. The van der Waals surface area contributed by atoms with E-state index in [9.17, 15) is 13.7 Å². The van der Waals surface area contributed by atoms with Crippen LogP contribution in [0.1, 0.15) is 5.56 Å². The Kier molecular flexibility index (Phi) is 3.88. The third-order valence-electron chi connectivity index (χ3n) is 2.91. The third kappa shape index (κ3) is 2.77. The number of methoxy groups -OCH3 is 1. The van der Waals surface area contributed by atoms with Crippen LogP contribution in [0, 0.1) is 11.3 Å². The Labute approximate surface area is 127 Å². The van der Waals surface area contributed by atoms with Crippen molar-refractivity contribution >= 4 is 21.6 Å². The fourth-order valence-corrected chi connectivity index (χ4v) is 2.83. The monoisotopic (exact) mass is 319 g/mol. The summed E-state index contributed by atoms with van der Waals surface area (Å²) in [6.07, 6.45) is 1.05. The van der Waals surface area contributed by atoms with Gasteiger partial charge in [-0.25, -0.2) is 13.4 Å². The van der Waals surface area contributed by atoms with Gasteiger partial charge in [-0.1, -0.05) is 0 Å². The van der Waals surface area contributed by atoms with Crippen molar-refractivity contribution in [3.05, 3.63) is 23.8 Å². The Balaban J connectivity index is 2.88. The Morgan fingerprint density at radius 1 is 1.27 bits per heavy atom. The molecule has 2 aromatic rings. The summed E-state index contributed by atoms with van der Waals surface area (Å²) < 4.78 is 29.1. The van der Waals surface area contributed by atoms with Gasteiger partial charge in [0.1, 0.15) is 23.2 Å². The summed E-state index contributed by atoms with van der Waals surface area (Å²) in [5.74, 6) is 0.0970. The molecule has 0 amide bonds.